The lowest BCUT2D eigenvalue weighted by Crippen LogP contribution is -2.07. The molecule has 0 spiro atoms. The average Bonchev–Trinajstić information content (AvgIpc) is 2.78. The fourth-order valence-corrected chi connectivity index (χ4v) is 3.60. The van der Waals surface area contributed by atoms with E-state index in [0.29, 0.717) is 17.1 Å². The van der Waals surface area contributed by atoms with Crippen LogP contribution in [0.3, 0.4) is 0 Å². The maximum absolute atomic E-state index is 13.4. The van der Waals surface area contributed by atoms with Crippen molar-refractivity contribution >= 4 is 43.1 Å². The van der Waals surface area contributed by atoms with Crippen molar-refractivity contribution in [2.45, 2.75) is 0 Å². The van der Waals surface area contributed by atoms with E-state index in [1.807, 2.05) is 0 Å². The van der Waals surface area contributed by atoms with Crippen LogP contribution in [0.25, 0.3) is 0 Å². The molecule has 10 nitrogen and oxygen atoms in total. The summed E-state index contributed by atoms with van der Waals surface area (Å²) in [5.74, 6) is 0.340. The predicted molar refractivity (Wildman–Crippen MR) is 112 cm³/mol. The van der Waals surface area contributed by atoms with Crippen molar-refractivity contribution in [3.63, 3.8) is 0 Å². The molecule has 0 amide bonds. The van der Waals surface area contributed by atoms with Crippen LogP contribution in [0.1, 0.15) is 0 Å². The summed E-state index contributed by atoms with van der Waals surface area (Å²) < 4.78 is 29.9. The molecule has 0 radical (unpaired) electrons. The van der Waals surface area contributed by atoms with E-state index in [4.69, 9.17) is 13.6 Å². The SMILES string of the molecule is O=C=Nc1ccc(OP(=O)(Oc2ccc(N=C=O)cc2)Oc2ccc(N=C=O)cc2)cc1. The Bertz CT molecular complexity index is 1110. The van der Waals surface area contributed by atoms with Gasteiger partial charge in [-0.3, -0.25) is 0 Å². The zero-order valence-electron chi connectivity index (χ0n) is 16.1. The zero-order valence-corrected chi connectivity index (χ0v) is 17.0. The quantitative estimate of drug-likeness (QED) is 0.248. The van der Waals surface area contributed by atoms with Gasteiger partial charge in [0.05, 0.1) is 17.1 Å². The number of nitrogens with zero attached hydrogens (tertiary/aromatic N) is 3. The maximum atomic E-state index is 13.4. The second-order valence-electron chi connectivity index (χ2n) is 5.81. The van der Waals surface area contributed by atoms with Crippen molar-refractivity contribution in [1.82, 2.24) is 0 Å². The summed E-state index contributed by atoms with van der Waals surface area (Å²) in [6.45, 7) is 0. The van der Waals surface area contributed by atoms with E-state index in [0.717, 1.165) is 0 Å². The van der Waals surface area contributed by atoms with Gasteiger partial charge in [0.15, 0.2) is 0 Å². The van der Waals surface area contributed by atoms with Crippen LogP contribution in [0.2, 0.25) is 0 Å². The Balaban J connectivity index is 1.89. The minimum atomic E-state index is -4.30. The average molecular weight is 449 g/mol. The summed E-state index contributed by atoms with van der Waals surface area (Å²) in [4.78, 5) is 41.5. The molecule has 0 saturated carbocycles. The fourth-order valence-electron chi connectivity index (χ4n) is 2.35. The Morgan fingerprint density at radius 3 is 0.969 bits per heavy atom. The standard InChI is InChI=1S/C21H12N3O7P/c25-13-22-16-1-7-19(8-2-16)29-32(28,30-20-9-3-17(4-10-20)23-14-26)31-21-11-5-18(6-12-21)24-15-27/h1-12H. The lowest BCUT2D eigenvalue weighted by atomic mass is 10.3. The van der Waals surface area contributed by atoms with Crippen LogP contribution in [-0.2, 0) is 18.9 Å². The number of benzene rings is 3. The third-order valence-corrected chi connectivity index (χ3v) is 4.99. The van der Waals surface area contributed by atoms with Gasteiger partial charge in [-0.2, -0.15) is 19.5 Å². The molecule has 0 aliphatic carbocycles. The highest BCUT2D eigenvalue weighted by Crippen LogP contribution is 2.50. The minimum absolute atomic E-state index is 0.113. The van der Waals surface area contributed by atoms with E-state index in [-0.39, 0.29) is 17.2 Å². The molecule has 0 unspecified atom stereocenters. The van der Waals surface area contributed by atoms with Gasteiger partial charge in [-0.05, 0) is 72.8 Å². The van der Waals surface area contributed by atoms with Crippen LogP contribution in [0.15, 0.2) is 87.8 Å². The Hall–Kier alpha value is -4.57. The number of phosphoric acid groups is 1. The molecule has 3 aromatic rings. The molecule has 3 aromatic carbocycles. The molecule has 158 valence electrons. The molecule has 0 aliphatic rings. The van der Waals surface area contributed by atoms with Crippen LogP contribution in [0, 0.1) is 0 Å². The second kappa shape index (κ2) is 10.5. The largest absolute Gasteiger partial charge is 0.647 e. The van der Waals surface area contributed by atoms with Gasteiger partial charge in [0.2, 0.25) is 18.2 Å². The predicted octanol–water partition coefficient (Wildman–Crippen LogP) is 5.23. The van der Waals surface area contributed by atoms with Gasteiger partial charge in [0.25, 0.3) is 0 Å². The number of phosphoric ester groups is 1. The minimum Gasteiger partial charge on any atom is -0.386 e. The van der Waals surface area contributed by atoms with Crippen molar-refractivity contribution in [3.05, 3.63) is 72.8 Å². The molecule has 0 aliphatic heterocycles. The Morgan fingerprint density at radius 1 is 0.500 bits per heavy atom. The zero-order chi connectivity index (χ0) is 22.8. The summed E-state index contributed by atoms with van der Waals surface area (Å²) in [5, 5.41) is 0. The molecule has 0 saturated heterocycles. The van der Waals surface area contributed by atoms with Crippen LogP contribution in [-0.4, -0.2) is 18.2 Å². The Morgan fingerprint density at radius 2 is 0.750 bits per heavy atom. The van der Waals surface area contributed by atoms with Gasteiger partial charge >= 0.3 is 7.82 Å². The molecule has 0 atom stereocenters. The summed E-state index contributed by atoms with van der Waals surface area (Å²) in [7, 11) is -4.30. The number of rotatable bonds is 9. The van der Waals surface area contributed by atoms with E-state index < -0.39 is 7.82 Å². The molecule has 11 heteroatoms. The molecular weight excluding hydrogens is 437 g/mol. The number of hydrogen-bond acceptors (Lipinski definition) is 10. The molecule has 32 heavy (non-hydrogen) atoms. The highest BCUT2D eigenvalue weighted by atomic mass is 31.2. The molecule has 0 heterocycles. The summed E-state index contributed by atoms with van der Waals surface area (Å²) >= 11 is 0. The maximum Gasteiger partial charge on any atom is 0.647 e. The van der Waals surface area contributed by atoms with Crippen molar-refractivity contribution in [3.8, 4) is 17.2 Å². The van der Waals surface area contributed by atoms with Gasteiger partial charge in [0, 0.05) is 0 Å². The molecule has 0 aromatic heterocycles. The van der Waals surface area contributed by atoms with Gasteiger partial charge in [-0.1, -0.05) is 0 Å². The second-order valence-corrected chi connectivity index (χ2v) is 7.25. The first kappa shape index (κ1) is 22.1. The molecular formula is C21H12N3O7P. The van der Waals surface area contributed by atoms with Crippen LogP contribution in [0.4, 0.5) is 17.1 Å². The van der Waals surface area contributed by atoms with Gasteiger partial charge < -0.3 is 13.6 Å². The van der Waals surface area contributed by atoms with E-state index in [1.54, 1.807) is 0 Å². The third kappa shape index (κ3) is 6.21. The Labute approximate surface area is 181 Å². The van der Waals surface area contributed by atoms with Gasteiger partial charge in [0.1, 0.15) is 17.2 Å². The first-order valence-electron chi connectivity index (χ1n) is 8.76. The normalized spacial score (nSPS) is 11.5. The van der Waals surface area contributed by atoms with E-state index in [9.17, 15) is 18.9 Å². The van der Waals surface area contributed by atoms with Crippen LogP contribution >= 0.6 is 7.82 Å². The van der Waals surface area contributed by atoms with E-state index in [2.05, 4.69) is 15.0 Å². The monoisotopic (exact) mass is 449 g/mol. The van der Waals surface area contributed by atoms with Crippen LogP contribution < -0.4 is 13.6 Å². The Kier molecular flexibility index (Phi) is 7.23. The van der Waals surface area contributed by atoms with Crippen molar-refractivity contribution < 1.29 is 32.5 Å². The topological polar surface area (TPSA) is 133 Å². The van der Waals surface area contributed by atoms with Crippen molar-refractivity contribution in [2.24, 2.45) is 15.0 Å². The summed E-state index contributed by atoms with van der Waals surface area (Å²) in [6.07, 6.45) is 4.23. The van der Waals surface area contributed by atoms with E-state index in [1.165, 1.54) is 91.0 Å². The van der Waals surface area contributed by atoms with E-state index >= 15 is 0 Å². The first-order chi connectivity index (χ1) is 15.5. The number of isocyanates is 3. The molecule has 0 fully saturated rings. The highest BCUT2D eigenvalue weighted by Gasteiger charge is 2.33. The molecule has 0 bridgehead atoms. The van der Waals surface area contributed by atoms with Crippen molar-refractivity contribution in [2.75, 3.05) is 0 Å². The molecule has 3 rings (SSSR count). The van der Waals surface area contributed by atoms with Gasteiger partial charge in [-0.25, -0.2) is 14.4 Å². The first-order valence-corrected chi connectivity index (χ1v) is 10.2. The number of aliphatic imine (C=N–C) groups is 3. The van der Waals surface area contributed by atoms with Crippen LogP contribution in [0.5, 0.6) is 17.2 Å². The third-order valence-electron chi connectivity index (χ3n) is 3.69. The molecule has 0 N–H and O–H groups in total. The number of carbonyl (C=O) groups excluding carboxylic acids is 3. The smallest absolute Gasteiger partial charge is 0.386 e. The summed E-state index contributed by atoms with van der Waals surface area (Å²) in [5.41, 5.74) is 0.963. The lowest BCUT2D eigenvalue weighted by molar-refractivity contribution is 0.298. The lowest BCUT2D eigenvalue weighted by Gasteiger charge is -2.19. The highest BCUT2D eigenvalue weighted by molar-refractivity contribution is 7.49. The van der Waals surface area contributed by atoms with Crippen molar-refractivity contribution in [1.29, 1.82) is 0 Å². The van der Waals surface area contributed by atoms with Gasteiger partial charge in [-0.15, -0.1) is 0 Å². The summed E-state index contributed by atoms with van der Waals surface area (Å²) in [6, 6.07) is 17.2. The fraction of sp³-hybridized carbons (Fsp3) is 0. The number of hydrogen-bond donors (Lipinski definition) is 0.